The zero-order chi connectivity index (χ0) is 13.2. The summed E-state index contributed by atoms with van der Waals surface area (Å²) < 4.78 is 20.7. The van der Waals surface area contributed by atoms with Gasteiger partial charge in [0.2, 0.25) is 0 Å². The molecule has 19 heavy (non-hydrogen) atoms. The number of halogens is 2. The zero-order valence-electron chi connectivity index (χ0n) is 9.88. The first-order valence-corrected chi connectivity index (χ1v) is 6.10. The molecular formula is C14H10ClFN2O. The maximum absolute atomic E-state index is 13.4. The maximum atomic E-state index is 13.4. The molecule has 0 unspecified atom stereocenters. The van der Waals surface area contributed by atoms with E-state index in [0.29, 0.717) is 5.02 Å². The lowest BCUT2D eigenvalue weighted by Crippen LogP contribution is -2.00. The van der Waals surface area contributed by atoms with Gasteiger partial charge in [0.05, 0.1) is 16.9 Å². The second-order valence-electron chi connectivity index (χ2n) is 4.04. The molecule has 2 heterocycles. The number of benzene rings is 1. The van der Waals surface area contributed by atoms with Gasteiger partial charge in [0.1, 0.15) is 12.3 Å². The Morgan fingerprint density at radius 2 is 2.05 bits per heavy atom. The summed E-state index contributed by atoms with van der Waals surface area (Å²) in [5, 5.41) is 0.609. The third kappa shape index (κ3) is 2.39. The van der Waals surface area contributed by atoms with Gasteiger partial charge >= 0.3 is 0 Å². The summed E-state index contributed by atoms with van der Waals surface area (Å²) in [7, 11) is 0. The van der Waals surface area contributed by atoms with Crippen LogP contribution in [0.1, 0.15) is 5.69 Å². The summed E-state index contributed by atoms with van der Waals surface area (Å²) in [6.45, 7) is 0.225. The summed E-state index contributed by atoms with van der Waals surface area (Å²) in [6, 6.07) is 9.88. The Morgan fingerprint density at radius 1 is 1.21 bits per heavy atom. The van der Waals surface area contributed by atoms with Gasteiger partial charge in [-0.25, -0.2) is 9.37 Å². The number of ether oxygens (including phenoxy) is 1. The van der Waals surface area contributed by atoms with E-state index in [9.17, 15) is 4.39 Å². The van der Waals surface area contributed by atoms with Gasteiger partial charge in [0.15, 0.2) is 11.6 Å². The molecule has 0 N–H and O–H groups in total. The van der Waals surface area contributed by atoms with Gasteiger partial charge in [-0.2, -0.15) is 0 Å². The molecule has 1 aromatic carbocycles. The van der Waals surface area contributed by atoms with Crippen LogP contribution in [0.3, 0.4) is 0 Å². The molecule has 0 saturated carbocycles. The van der Waals surface area contributed by atoms with Crippen LogP contribution in [0.25, 0.3) is 5.65 Å². The monoisotopic (exact) mass is 276 g/mol. The number of pyridine rings is 1. The lowest BCUT2D eigenvalue weighted by molar-refractivity contribution is 0.285. The van der Waals surface area contributed by atoms with E-state index in [1.807, 2.05) is 10.5 Å². The van der Waals surface area contributed by atoms with Crippen LogP contribution in [0.4, 0.5) is 4.39 Å². The van der Waals surface area contributed by atoms with Crippen LogP contribution in [-0.4, -0.2) is 9.38 Å². The van der Waals surface area contributed by atoms with E-state index in [1.165, 1.54) is 6.07 Å². The largest absolute Gasteiger partial charge is 0.484 e. The minimum Gasteiger partial charge on any atom is -0.484 e. The summed E-state index contributed by atoms with van der Waals surface area (Å²) in [6.07, 6.45) is 3.44. The Bertz CT molecular complexity index is 726. The summed E-state index contributed by atoms with van der Waals surface area (Å²) in [5.41, 5.74) is 1.58. The average molecular weight is 277 g/mol. The summed E-state index contributed by atoms with van der Waals surface area (Å²) in [4.78, 5) is 4.23. The van der Waals surface area contributed by atoms with Crippen molar-refractivity contribution in [1.82, 2.24) is 9.38 Å². The number of para-hydroxylation sites is 1. The molecule has 3 aromatic rings. The van der Waals surface area contributed by atoms with Gasteiger partial charge in [0, 0.05) is 6.20 Å². The number of fused-ring (bicyclic) bond motifs is 1. The summed E-state index contributed by atoms with van der Waals surface area (Å²) in [5.74, 6) is -0.158. The second kappa shape index (κ2) is 4.90. The normalized spacial score (nSPS) is 10.8. The van der Waals surface area contributed by atoms with Gasteiger partial charge < -0.3 is 4.74 Å². The van der Waals surface area contributed by atoms with Crippen molar-refractivity contribution in [2.24, 2.45) is 0 Å². The topological polar surface area (TPSA) is 26.5 Å². The standard InChI is InChI=1S/C14H10ClFN2O/c15-10-5-6-14-17-7-11(18(14)8-10)9-19-13-4-2-1-3-12(13)16/h1-8H,9H2. The van der Waals surface area contributed by atoms with Crippen molar-refractivity contribution >= 4 is 17.2 Å². The van der Waals surface area contributed by atoms with E-state index in [0.717, 1.165) is 11.3 Å². The van der Waals surface area contributed by atoms with Gasteiger partial charge in [-0.15, -0.1) is 0 Å². The predicted molar refractivity (Wildman–Crippen MR) is 70.9 cm³/mol. The van der Waals surface area contributed by atoms with Crippen LogP contribution in [0.5, 0.6) is 5.75 Å². The van der Waals surface area contributed by atoms with Crippen molar-refractivity contribution in [1.29, 1.82) is 0 Å². The fourth-order valence-electron chi connectivity index (χ4n) is 1.83. The van der Waals surface area contributed by atoms with Crippen molar-refractivity contribution in [3.63, 3.8) is 0 Å². The fraction of sp³-hybridized carbons (Fsp3) is 0.0714. The molecule has 0 saturated heterocycles. The first-order chi connectivity index (χ1) is 9.24. The van der Waals surface area contributed by atoms with Crippen molar-refractivity contribution in [3.8, 4) is 5.75 Å². The van der Waals surface area contributed by atoms with Crippen LogP contribution in [0, 0.1) is 5.82 Å². The molecule has 3 rings (SSSR count). The quantitative estimate of drug-likeness (QED) is 0.729. The maximum Gasteiger partial charge on any atom is 0.165 e. The van der Waals surface area contributed by atoms with Crippen LogP contribution in [0.2, 0.25) is 5.02 Å². The first kappa shape index (κ1) is 12.0. The number of rotatable bonds is 3. The molecule has 5 heteroatoms. The van der Waals surface area contributed by atoms with Crippen LogP contribution >= 0.6 is 11.6 Å². The first-order valence-electron chi connectivity index (χ1n) is 5.73. The Hall–Kier alpha value is -2.07. The zero-order valence-corrected chi connectivity index (χ0v) is 10.6. The molecule has 2 aromatic heterocycles. The SMILES string of the molecule is Fc1ccccc1OCc1cnc2ccc(Cl)cn12. The highest BCUT2D eigenvalue weighted by molar-refractivity contribution is 6.30. The minimum atomic E-state index is -0.380. The summed E-state index contributed by atoms with van der Waals surface area (Å²) >= 11 is 5.94. The number of imidazole rings is 1. The van der Waals surface area contributed by atoms with Gasteiger partial charge in [-0.3, -0.25) is 4.40 Å². The lowest BCUT2D eigenvalue weighted by atomic mass is 10.3. The van der Waals surface area contributed by atoms with Crippen molar-refractivity contribution in [2.45, 2.75) is 6.61 Å². The van der Waals surface area contributed by atoms with E-state index < -0.39 is 0 Å². The number of aromatic nitrogens is 2. The highest BCUT2D eigenvalue weighted by Gasteiger charge is 2.06. The Kier molecular flexibility index (Phi) is 3.09. The molecule has 0 atom stereocenters. The van der Waals surface area contributed by atoms with Crippen LogP contribution in [0.15, 0.2) is 48.8 Å². The van der Waals surface area contributed by atoms with E-state index >= 15 is 0 Å². The van der Waals surface area contributed by atoms with Crippen molar-refractivity contribution in [3.05, 3.63) is 65.3 Å². The number of hydrogen-bond donors (Lipinski definition) is 0. The highest BCUT2D eigenvalue weighted by Crippen LogP contribution is 2.18. The molecule has 0 fully saturated rings. The highest BCUT2D eigenvalue weighted by atomic mass is 35.5. The average Bonchev–Trinajstić information content (AvgIpc) is 2.80. The van der Waals surface area contributed by atoms with E-state index in [4.69, 9.17) is 16.3 Å². The molecule has 0 spiro atoms. The fourth-order valence-corrected chi connectivity index (χ4v) is 1.99. The lowest BCUT2D eigenvalue weighted by Gasteiger charge is -2.06. The van der Waals surface area contributed by atoms with Gasteiger partial charge in [-0.05, 0) is 24.3 Å². The smallest absolute Gasteiger partial charge is 0.165 e. The molecule has 0 radical (unpaired) electrons. The molecule has 0 amide bonds. The number of nitrogens with zero attached hydrogens (tertiary/aromatic N) is 2. The Labute approximate surface area is 114 Å². The second-order valence-corrected chi connectivity index (χ2v) is 4.48. The van der Waals surface area contributed by atoms with Crippen LogP contribution in [-0.2, 0) is 6.61 Å². The van der Waals surface area contributed by atoms with E-state index in [1.54, 1.807) is 36.7 Å². The van der Waals surface area contributed by atoms with Crippen LogP contribution < -0.4 is 4.74 Å². The molecule has 3 nitrogen and oxygen atoms in total. The molecule has 0 aliphatic rings. The molecule has 0 bridgehead atoms. The molecule has 0 aliphatic carbocycles. The van der Waals surface area contributed by atoms with Crippen molar-refractivity contribution < 1.29 is 9.13 Å². The van der Waals surface area contributed by atoms with E-state index in [-0.39, 0.29) is 18.2 Å². The minimum absolute atomic E-state index is 0.222. The molecule has 96 valence electrons. The Morgan fingerprint density at radius 3 is 2.89 bits per heavy atom. The molecule has 0 aliphatic heterocycles. The number of hydrogen-bond acceptors (Lipinski definition) is 2. The molecular weight excluding hydrogens is 267 g/mol. The van der Waals surface area contributed by atoms with E-state index in [2.05, 4.69) is 4.98 Å². The third-order valence-corrected chi connectivity index (χ3v) is 2.98. The van der Waals surface area contributed by atoms with Crippen molar-refractivity contribution in [2.75, 3.05) is 0 Å². The third-order valence-electron chi connectivity index (χ3n) is 2.76. The Balaban J connectivity index is 1.86. The van der Waals surface area contributed by atoms with Gasteiger partial charge in [0.25, 0.3) is 0 Å². The predicted octanol–water partition coefficient (Wildman–Crippen LogP) is 3.71. The van der Waals surface area contributed by atoms with Gasteiger partial charge in [-0.1, -0.05) is 23.7 Å².